The normalized spacial score (nSPS) is 10.9. The Hall–Kier alpha value is -2.47. The largest absolute Gasteiger partial charge is 0.360 e. The number of carbonyl (C=O) groups excluding carboxylic acids is 1. The van der Waals surface area contributed by atoms with E-state index in [4.69, 9.17) is 0 Å². The van der Waals surface area contributed by atoms with E-state index in [0.29, 0.717) is 18.1 Å². The Kier molecular flexibility index (Phi) is 8.20. The summed E-state index contributed by atoms with van der Waals surface area (Å²) >= 11 is 0. The number of unbranched alkanes of at least 4 members (excludes halogenated alkanes) is 1. The van der Waals surface area contributed by atoms with Crippen LogP contribution in [0.5, 0.6) is 0 Å². The van der Waals surface area contributed by atoms with Crippen LogP contribution in [0.4, 0.5) is 5.82 Å². The average Bonchev–Trinajstić information content (AvgIpc) is 2.69. The van der Waals surface area contributed by atoms with E-state index in [0.717, 1.165) is 43.7 Å². The highest BCUT2D eigenvalue weighted by molar-refractivity contribution is 5.93. The van der Waals surface area contributed by atoms with Crippen molar-refractivity contribution in [1.29, 1.82) is 0 Å². The monoisotopic (exact) mass is 369 g/mol. The number of hydrogen-bond acceptors (Lipinski definition) is 5. The number of hydrogen-bond donors (Lipinski definition) is 1. The van der Waals surface area contributed by atoms with Gasteiger partial charge in [-0.3, -0.25) is 4.79 Å². The first kappa shape index (κ1) is 20.8. The molecule has 0 saturated carbocycles. The van der Waals surface area contributed by atoms with Crippen molar-refractivity contribution in [1.82, 2.24) is 20.2 Å². The van der Waals surface area contributed by atoms with Crippen LogP contribution in [0.2, 0.25) is 0 Å². The minimum atomic E-state index is -0.154. The lowest BCUT2D eigenvalue weighted by Gasteiger charge is -2.19. The summed E-state index contributed by atoms with van der Waals surface area (Å²) < 4.78 is 0. The first-order valence-electron chi connectivity index (χ1n) is 9.59. The summed E-state index contributed by atoms with van der Waals surface area (Å²) in [6.45, 7) is 4.62. The molecule has 2 aromatic rings. The summed E-state index contributed by atoms with van der Waals surface area (Å²) in [4.78, 5) is 26.0. The third-order valence-corrected chi connectivity index (χ3v) is 4.28. The molecule has 0 aliphatic heterocycles. The molecule has 1 amide bonds. The summed E-state index contributed by atoms with van der Waals surface area (Å²) in [5.74, 6) is 1.20. The van der Waals surface area contributed by atoms with Gasteiger partial charge in [0.25, 0.3) is 5.91 Å². The van der Waals surface area contributed by atoms with Gasteiger partial charge in [-0.05, 0) is 33.5 Å². The Morgan fingerprint density at radius 2 is 1.78 bits per heavy atom. The van der Waals surface area contributed by atoms with Crippen molar-refractivity contribution in [3.8, 4) is 11.4 Å². The highest BCUT2D eigenvalue weighted by Gasteiger charge is 2.14. The first-order chi connectivity index (χ1) is 13.0. The van der Waals surface area contributed by atoms with Gasteiger partial charge in [0, 0.05) is 31.8 Å². The third-order valence-electron chi connectivity index (χ3n) is 4.28. The summed E-state index contributed by atoms with van der Waals surface area (Å²) in [6, 6.07) is 11.6. The second-order valence-electron chi connectivity index (χ2n) is 6.99. The molecule has 0 radical (unpaired) electrons. The van der Waals surface area contributed by atoms with E-state index in [2.05, 4.69) is 32.0 Å². The number of benzene rings is 1. The van der Waals surface area contributed by atoms with Crippen LogP contribution in [0.25, 0.3) is 11.4 Å². The van der Waals surface area contributed by atoms with Crippen LogP contribution in [0.15, 0.2) is 36.4 Å². The minimum absolute atomic E-state index is 0.154. The van der Waals surface area contributed by atoms with E-state index >= 15 is 0 Å². The molecule has 0 aliphatic rings. The molecule has 0 saturated heterocycles. The number of nitrogens with zero attached hydrogens (tertiary/aromatic N) is 4. The van der Waals surface area contributed by atoms with Gasteiger partial charge >= 0.3 is 0 Å². The summed E-state index contributed by atoms with van der Waals surface area (Å²) in [5, 5.41) is 2.97. The van der Waals surface area contributed by atoms with Crippen molar-refractivity contribution < 1.29 is 4.79 Å². The summed E-state index contributed by atoms with van der Waals surface area (Å²) in [7, 11) is 6.05. The molecule has 0 unspecified atom stereocenters. The second kappa shape index (κ2) is 10.6. The molecular weight excluding hydrogens is 338 g/mol. The van der Waals surface area contributed by atoms with Gasteiger partial charge < -0.3 is 15.1 Å². The Morgan fingerprint density at radius 1 is 1.04 bits per heavy atom. The Bertz CT molecular complexity index is 718. The van der Waals surface area contributed by atoms with Crippen molar-refractivity contribution in [3.05, 3.63) is 42.1 Å². The fourth-order valence-electron chi connectivity index (χ4n) is 2.66. The van der Waals surface area contributed by atoms with Crippen LogP contribution in [-0.4, -0.2) is 61.6 Å². The van der Waals surface area contributed by atoms with Gasteiger partial charge in [0.05, 0.1) is 0 Å². The zero-order valence-corrected chi connectivity index (χ0v) is 16.9. The molecule has 1 aromatic heterocycles. The molecule has 1 heterocycles. The Balaban J connectivity index is 2.22. The molecule has 27 heavy (non-hydrogen) atoms. The molecule has 1 aromatic carbocycles. The maximum absolute atomic E-state index is 12.6. The van der Waals surface area contributed by atoms with Gasteiger partial charge in [0.2, 0.25) is 0 Å². The van der Waals surface area contributed by atoms with Crippen molar-refractivity contribution in [2.75, 3.05) is 45.7 Å². The number of aromatic nitrogens is 2. The molecule has 146 valence electrons. The van der Waals surface area contributed by atoms with Crippen molar-refractivity contribution in [2.45, 2.75) is 26.2 Å². The van der Waals surface area contributed by atoms with Gasteiger partial charge in [-0.15, -0.1) is 0 Å². The van der Waals surface area contributed by atoms with Crippen LogP contribution in [0, 0.1) is 0 Å². The highest BCUT2D eigenvalue weighted by atomic mass is 16.1. The van der Waals surface area contributed by atoms with E-state index in [1.807, 2.05) is 51.5 Å². The molecule has 0 bridgehead atoms. The SMILES string of the molecule is CCCCN(C)c1cc(C(=O)NCCCN(C)C)nc(-c2ccccc2)n1. The molecule has 6 nitrogen and oxygen atoms in total. The van der Waals surface area contributed by atoms with E-state index < -0.39 is 0 Å². The van der Waals surface area contributed by atoms with Gasteiger partial charge in [0.15, 0.2) is 5.82 Å². The lowest BCUT2D eigenvalue weighted by atomic mass is 10.2. The molecule has 6 heteroatoms. The molecular formula is C21H31N5O. The predicted octanol–water partition coefficient (Wildman–Crippen LogP) is 3.06. The van der Waals surface area contributed by atoms with E-state index in [1.165, 1.54) is 0 Å². The summed E-state index contributed by atoms with van der Waals surface area (Å²) in [5.41, 5.74) is 1.32. The van der Waals surface area contributed by atoms with Gasteiger partial charge in [0.1, 0.15) is 11.5 Å². The zero-order chi connectivity index (χ0) is 19.6. The second-order valence-corrected chi connectivity index (χ2v) is 6.99. The Morgan fingerprint density at radius 3 is 2.44 bits per heavy atom. The maximum atomic E-state index is 12.6. The van der Waals surface area contributed by atoms with E-state index in [-0.39, 0.29) is 5.91 Å². The van der Waals surface area contributed by atoms with Crippen molar-refractivity contribution in [3.63, 3.8) is 0 Å². The lowest BCUT2D eigenvalue weighted by molar-refractivity contribution is 0.0947. The van der Waals surface area contributed by atoms with Crippen molar-refractivity contribution in [2.24, 2.45) is 0 Å². The van der Waals surface area contributed by atoms with Crippen LogP contribution < -0.4 is 10.2 Å². The van der Waals surface area contributed by atoms with Crippen LogP contribution >= 0.6 is 0 Å². The first-order valence-corrected chi connectivity index (χ1v) is 9.59. The maximum Gasteiger partial charge on any atom is 0.270 e. The third kappa shape index (κ3) is 6.64. The van der Waals surface area contributed by atoms with Gasteiger partial charge in [-0.1, -0.05) is 43.7 Å². The number of amides is 1. The fourth-order valence-corrected chi connectivity index (χ4v) is 2.66. The molecule has 1 N–H and O–H groups in total. The van der Waals surface area contributed by atoms with E-state index in [9.17, 15) is 4.79 Å². The fraction of sp³-hybridized carbons (Fsp3) is 0.476. The highest BCUT2D eigenvalue weighted by Crippen LogP contribution is 2.20. The number of anilines is 1. The topological polar surface area (TPSA) is 61.4 Å². The van der Waals surface area contributed by atoms with Gasteiger partial charge in [-0.25, -0.2) is 9.97 Å². The lowest BCUT2D eigenvalue weighted by Crippen LogP contribution is -2.28. The smallest absolute Gasteiger partial charge is 0.270 e. The number of carbonyl (C=O) groups is 1. The molecule has 2 rings (SSSR count). The molecule has 0 fully saturated rings. The van der Waals surface area contributed by atoms with Crippen LogP contribution in [-0.2, 0) is 0 Å². The number of rotatable bonds is 10. The standard InChI is InChI=1S/C21H31N5O/c1-5-6-15-26(4)19-16-18(21(27)22-13-10-14-25(2)3)23-20(24-19)17-11-8-7-9-12-17/h7-9,11-12,16H,5-6,10,13-15H2,1-4H3,(H,22,27). The van der Waals surface area contributed by atoms with Crippen LogP contribution in [0.1, 0.15) is 36.7 Å². The van der Waals surface area contributed by atoms with Crippen LogP contribution in [0.3, 0.4) is 0 Å². The quantitative estimate of drug-likeness (QED) is 0.652. The van der Waals surface area contributed by atoms with Gasteiger partial charge in [-0.2, -0.15) is 0 Å². The molecule has 0 aliphatic carbocycles. The Labute approximate surface area is 162 Å². The predicted molar refractivity (Wildman–Crippen MR) is 111 cm³/mol. The number of nitrogens with one attached hydrogen (secondary N) is 1. The summed E-state index contributed by atoms with van der Waals surface area (Å²) in [6.07, 6.45) is 3.09. The minimum Gasteiger partial charge on any atom is -0.360 e. The van der Waals surface area contributed by atoms with Crippen molar-refractivity contribution >= 4 is 11.7 Å². The average molecular weight is 370 g/mol. The zero-order valence-electron chi connectivity index (χ0n) is 16.9. The van der Waals surface area contributed by atoms with E-state index in [1.54, 1.807) is 6.07 Å². The molecule has 0 spiro atoms. The molecule has 0 atom stereocenters.